The zero-order valence-electron chi connectivity index (χ0n) is 11.5. The Hall–Kier alpha value is -0.890. The van der Waals surface area contributed by atoms with E-state index < -0.39 is 10.1 Å². The lowest BCUT2D eigenvalue weighted by atomic mass is 10.2. The predicted molar refractivity (Wildman–Crippen MR) is 84.3 cm³/mol. The summed E-state index contributed by atoms with van der Waals surface area (Å²) in [5.41, 5.74) is 2.17. The van der Waals surface area contributed by atoms with Crippen molar-refractivity contribution in [3.8, 4) is 0 Å². The third-order valence-corrected chi connectivity index (χ3v) is 5.25. The monoisotopic (exact) mass is 331 g/mol. The molecular formula is C13H17NO3S3. The maximum absolute atomic E-state index is 10.6. The molecule has 0 saturated carbocycles. The second-order valence-corrected chi connectivity index (χ2v) is 7.26. The molecule has 0 saturated heterocycles. The Labute approximate surface area is 128 Å². The molecule has 0 amide bonds. The second kappa shape index (κ2) is 7.78. The van der Waals surface area contributed by atoms with Crippen molar-refractivity contribution in [3.63, 3.8) is 0 Å². The van der Waals surface area contributed by atoms with Gasteiger partial charge in [0, 0.05) is 11.1 Å². The molecule has 0 aliphatic carbocycles. The number of benzene rings is 1. The minimum absolute atomic E-state index is 0.0558. The van der Waals surface area contributed by atoms with Crippen molar-refractivity contribution in [2.45, 2.75) is 29.5 Å². The lowest BCUT2D eigenvalue weighted by Crippen LogP contribution is -1.97. The highest BCUT2D eigenvalue weighted by atomic mass is 32.2. The molecule has 0 aliphatic heterocycles. The fourth-order valence-electron chi connectivity index (χ4n) is 1.32. The number of rotatable bonds is 3. The maximum atomic E-state index is 10.6. The molecule has 2 rings (SSSR count). The largest absolute Gasteiger partial charge is 0.294 e. The quantitative estimate of drug-likeness (QED) is 0.686. The molecule has 0 radical (unpaired) electrons. The average molecular weight is 331 g/mol. The van der Waals surface area contributed by atoms with Crippen molar-refractivity contribution in [2.75, 3.05) is 6.26 Å². The van der Waals surface area contributed by atoms with Crippen LogP contribution >= 0.6 is 23.1 Å². The highest BCUT2D eigenvalue weighted by molar-refractivity contribution is 8.00. The topological polar surface area (TPSA) is 67.3 Å². The van der Waals surface area contributed by atoms with E-state index in [0.717, 1.165) is 22.0 Å². The molecule has 1 aromatic carbocycles. The molecular weight excluding hydrogens is 314 g/mol. The first-order chi connectivity index (χ1) is 9.36. The summed E-state index contributed by atoms with van der Waals surface area (Å²) in [4.78, 5) is 4.15. The first-order valence-electron chi connectivity index (χ1n) is 5.89. The molecule has 0 fully saturated rings. The normalized spacial score (nSPS) is 10.8. The van der Waals surface area contributed by atoms with Gasteiger partial charge < -0.3 is 0 Å². The molecule has 4 nitrogen and oxygen atoms in total. The molecule has 0 aliphatic rings. The van der Waals surface area contributed by atoms with E-state index in [2.05, 4.69) is 10.4 Å². The van der Waals surface area contributed by atoms with Crippen molar-refractivity contribution in [1.82, 2.24) is 4.98 Å². The highest BCUT2D eigenvalue weighted by Crippen LogP contribution is 2.18. The highest BCUT2D eigenvalue weighted by Gasteiger charge is 2.07. The van der Waals surface area contributed by atoms with E-state index in [1.54, 1.807) is 35.2 Å². The summed E-state index contributed by atoms with van der Waals surface area (Å²) >= 11 is 3.40. The third-order valence-electron chi connectivity index (χ3n) is 2.40. The van der Waals surface area contributed by atoms with Gasteiger partial charge in [0.2, 0.25) is 0 Å². The first kappa shape index (κ1) is 17.2. The van der Waals surface area contributed by atoms with Crippen LogP contribution < -0.4 is 0 Å². The van der Waals surface area contributed by atoms with Crippen LogP contribution in [0.25, 0.3) is 0 Å². The summed E-state index contributed by atoms with van der Waals surface area (Å²) in [7, 11) is -4.03. The zero-order chi connectivity index (χ0) is 15.2. The Balaban J connectivity index is 0.000000217. The summed E-state index contributed by atoms with van der Waals surface area (Å²) in [6.07, 6.45) is 2.89. The van der Waals surface area contributed by atoms with Gasteiger partial charge in [-0.1, -0.05) is 30.8 Å². The standard InChI is InChI=1S/C8H10O3S.C5H7NS2/c1-2-7-3-5-8(6-4-7)12(9,10)11;1-4-3-8-5(6-4)7-2/h3-6H,2H2,1H3,(H,9,10,11);3H,1-2H3. The smallest absolute Gasteiger partial charge is 0.282 e. The number of aromatic nitrogens is 1. The zero-order valence-corrected chi connectivity index (χ0v) is 14.0. The Bertz CT molecular complexity index is 633. The summed E-state index contributed by atoms with van der Waals surface area (Å²) in [6.45, 7) is 3.98. The Morgan fingerprint density at radius 1 is 1.30 bits per heavy atom. The fraction of sp³-hybridized carbons (Fsp3) is 0.308. The van der Waals surface area contributed by atoms with Crippen LogP contribution in [0.2, 0.25) is 0 Å². The summed E-state index contributed by atoms with van der Waals surface area (Å²) in [6, 6.07) is 6.16. The van der Waals surface area contributed by atoms with E-state index in [-0.39, 0.29) is 4.90 Å². The van der Waals surface area contributed by atoms with Crippen molar-refractivity contribution in [2.24, 2.45) is 0 Å². The van der Waals surface area contributed by atoms with Gasteiger partial charge in [-0.2, -0.15) is 8.42 Å². The van der Waals surface area contributed by atoms with Gasteiger partial charge in [-0.3, -0.25) is 4.55 Å². The van der Waals surface area contributed by atoms with Gasteiger partial charge in [0.05, 0.1) is 4.90 Å². The van der Waals surface area contributed by atoms with E-state index in [1.165, 1.54) is 12.1 Å². The van der Waals surface area contributed by atoms with Crippen LogP contribution in [0.5, 0.6) is 0 Å². The Kier molecular flexibility index (Phi) is 6.67. The van der Waals surface area contributed by atoms with Gasteiger partial charge in [-0.05, 0) is 37.3 Å². The van der Waals surface area contributed by atoms with Crippen molar-refractivity contribution in [1.29, 1.82) is 0 Å². The molecule has 0 unspecified atom stereocenters. The van der Waals surface area contributed by atoms with Gasteiger partial charge in [-0.15, -0.1) is 11.3 Å². The lowest BCUT2D eigenvalue weighted by Gasteiger charge is -1.97. The van der Waals surface area contributed by atoms with Crippen LogP contribution in [0, 0.1) is 6.92 Å². The van der Waals surface area contributed by atoms with Crippen molar-refractivity contribution in [3.05, 3.63) is 40.9 Å². The van der Waals surface area contributed by atoms with E-state index in [1.807, 2.05) is 20.1 Å². The molecule has 110 valence electrons. The van der Waals surface area contributed by atoms with Crippen LogP contribution in [0.4, 0.5) is 0 Å². The van der Waals surface area contributed by atoms with Crippen LogP contribution in [0.15, 0.2) is 38.9 Å². The van der Waals surface area contributed by atoms with E-state index in [0.29, 0.717) is 0 Å². The third kappa shape index (κ3) is 5.62. The average Bonchev–Trinajstić information content (AvgIpc) is 2.84. The first-order valence-corrected chi connectivity index (χ1v) is 9.43. The van der Waals surface area contributed by atoms with E-state index >= 15 is 0 Å². The van der Waals surface area contributed by atoms with Crippen LogP contribution in [-0.4, -0.2) is 24.2 Å². The predicted octanol–water partition coefficient (Wildman–Crippen LogP) is 3.67. The molecule has 1 heterocycles. The summed E-state index contributed by atoms with van der Waals surface area (Å²) in [5.74, 6) is 0. The maximum Gasteiger partial charge on any atom is 0.294 e. The van der Waals surface area contributed by atoms with E-state index in [9.17, 15) is 8.42 Å². The number of aryl methyl sites for hydroxylation is 2. The minimum atomic E-state index is -4.03. The molecule has 0 bridgehead atoms. The van der Waals surface area contributed by atoms with E-state index in [4.69, 9.17) is 4.55 Å². The second-order valence-electron chi connectivity index (χ2n) is 3.93. The molecule has 2 aromatic rings. The number of nitrogens with zero attached hydrogens (tertiary/aromatic N) is 1. The number of thioether (sulfide) groups is 1. The van der Waals surface area contributed by atoms with Crippen LogP contribution in [-0.2, 0) is 16.5 Å². The van der Waals surface area contributed by atoms with Crippen LogP contribution in [0.3, 0.4) is 0 Å². The van der Waals surface area contributed by atoms with Crippen molar-refractivity contribution < 1.29 is 13.0 Å². The molecule has 20 heavy (non-hydrogen) atoms. The molecule has 0 spiro atoms. The Morgan fingerprint density at radius 3 is 2.20 bits per heavy atom. The number of hydrogen-bond acceptors (Lipinski definition) is 5. The van der Waals surface area contributed by atoms with Gasteiger partial charge in [0.15, 0.2) is 0 Å². The summed E-state index contributed by atoms with van der Waals surface area (Å²) < 4.78 is 31.0. The van der Waals surface area contributed by atoms with Gasteiger partial charge in [-0.25, -0.2) is 4.98 Å². The molecule has 1 N–H and O–H groups in total. The molecule has 7 heteroatoms. The number of thiazole rings is 1. The SMILES string of the molecule is CCc1ccc(S(=O)(=O)O)cc1.CSc1nc(C)cs1. The minimum Gasteiger partial charge on any atom is -0.282 e. The Morgan fingerprint density at radius 2 is 1.90 bits per heavy atom. The fourth-order valence-corrected chi connectivity index (χ4v) is 3.09. The van der Waals surface area contributed by atoms with Gasteiger partial charge >= 0.3 is 0 Å². The number of hydrogen-bond donors (Lipinski definition) is 1. The molecule has 1 aromatic heterocycles. The molecule has 0 atom stereocenters. The summed E-state index contributed by atoms with van der Waals surface area (Å²) in [5, 5.41) is 2.06. The van der Waals surface area contributed by atoms with Crippen LogP contribution in [0.1, 0.15) is 18.2 Å². The van der Waals surface area contributed by atoms with Crippen molar-refractivity contribution >= 4 is 33.2 Å². The lowest BCUT2D eigenvalue weighted by molar-refractivity contribution is 0.483. The van der Waals surface area contributed by atoms with Gasteiger partial charge in [0.25, 0.3) is 10.1 Å². The van der Waals surface area contributed by atoms with Gasteiger partial charge in [0.1, 0.15) is 4.34 Å².